The lowest BCUT2D eigenvalue weighted by Crippen LogP contribution is -2.17. The van der Waals surface area contributed by atoms with Crippen LogP contribution in [0.15, 0.2) is 28.8 Å². The fraction of sp³-hybridized carbons (Fsp3) is 0.357. The van der Waals surface area contributed by atoms with Crippen LogP contribution < -0.4 is 0 Å². The van der Waals surface area contributed by atoms with Gasteiger partial charge >= 0.3 is 0 Å². The van der Waals surface area contributed by atoms with E-state index in [0.717, 1.165) is 19.3 Å². The number of carbonyl (C=O) groups excluding carboxylic acids is 1. The zero-order valence-electron chi connectivity index (χ0n) is 10.3. The van der Waals surface area contributed by atoms with E-state index in [9.17, 15) is 9.18 Å². The van der Waals surface area contributed by atoms with Crippen molar-refractivity contribution in [2.45, 2.75) is 31.6 Å². The SMILES string of the molecule is O=C1CCCCC1c1nc(-c2ccccc2F)no1. The maximum atomic E-state index is 13.6. The summed E-state index contributed by atoms with van der Waals surface area (Å²) < 4.78 is 18.8. The Hall–Kier alpha value is -2.04. The molecule has 1 aromatic carbocycles. The second-order valence-corrected chi connectivity index (χ2v) is 4.70. The predicted molar refractivity (Wildman–Crippen MR) is 65.9 cm³/mol. The predicted octanol–water partition coefficient (Wildman–Crippen LogP) is 3.10. The first-order valence-corrected chi connectivity index (χ1v) is 6.37. The van der Waals surface area contributed by atoms with Gasteiger partial charge < -0.3 is 4.52 Å². The molecular formula is C14H13FN2O2. The molecule has 1 aliphatic rings. The van der Waals surface area contributed by atoms with E-state index in [2.05, 4.69) is 10.1 Å². The third kappa shape index (κ3) is 2.28. The molecule has 3 rings (SSSR count). The molecule has 0 amide bonds. The fourth-order valence-corrected chi connectivity index (χ4v) is 2.37. The zero-order valence-corrected chi connectivity index (χ0v) is 10.3. The van der Waals surface area contributed by atoms with Gasteiger partial charge in [-0.15, -0.1) is 0 Å². The third-order valence-corrected chi connectivity index (χ3v) is 3.41. The zero-order chi connectivity index (χ0) is 13.2. The summed E-state index contributed by atoms with van der Waals surface area (Å²) in [5.41, 5.74) is 0.292. The summed E-state index contributed by atoms with van der Waals surface area (Å²) >= 11 is 0. The Balaban J connectivity index is 1.91. The molecular weight excluding hydrogens is 247 g/mol. The molecule has 98 valence electrons. The van der Waals surface area contributed by atoms with Crippen molar-refractivity contribution < 1.29 is 13.7 Å². The quantitative estimate of drug-likeness (QED) is 0.832. The molecule has 0 aliphatic heterocycles. The van der Waals surface area contributed by atoms with Gasteiger partial charge in [-0.05, 0) is 25.0 Å². The molecule has 1 aromatic heterocycles. The van der Waals surface area contributed by atoms with Gasteiger partial charge in [0.15, 0.2) is 0 Å². The molecule has 5 heteroatoms. The summed E-state index contributed by atoms with van der Waals surface area (Å²) in [5.74, 6) is -0.0731. The van der Waals surface area contributed by atoms with Crippen molar-refractivity contribution >= 4 is 5.78 Å². The first kappa shape index (κ1) is 12.0. The number of aromatic nitrogens is 2. The van der Waals surface area contributed by atoms with Gasteiger partial charge in [0.1, 0.15) is 11.6 Å². The maximum absolute atomic E-state index is 13.6. The van der Waals surface area contributed by atoms with Crippen molar-refractivity contribution in [3.05, 3.63) is 36.0 Å². The standard InChI is InChI=1S/C14H13FN2O2/c15-11-7-3-1-5-9(11)13-16-14(19-17-13)10-6-2-4-8-12(10)18/h1,3,5,7,10H,2,4,6,8H2. The largest absolute Gasteiger partial charge is 0.338 e. The van der Waals surface area contributed by atoms with E-state index in [1.54, 1.807) is 18.2 Å². The Labute approximate surface area is 109 Å². The van der Waals surface area contributed by atoms with Gasteiger partial charge in [0.2, 0.25) is 11.7 Å². The number of hydrogen-bond donors (Lipinski definition) is 0. The van der Waals surface area contributed by atoms with Crippen molar-refractivity contribution in [3.8, 4) is 11.4 Å². The first-order chi connectivity index (χ1) is 9.25. The molecule has 0 spiro atoms. The summed E-state index contributed by atoms with van der Waals surface area (Å²) in [6.07, 6.45) is 3.19. The number of carbonyl (C=O) groups is 1. The topological polar surface area (TPSA) is 56.0 Å². The van der Waals surface area contributed by atoms with E-state index in [4.69, 9.17) is 4.52 Å². The highest BCUT2D eigenvalue weighted by molar-refractivity contribution is 5.85. The van der Waals surface area contributed by atoms with Crippen molar-refractivity contribution in [1.29, 1.82) is 0 Å². The van der Waals surface area contributed by atoms with Gasteiger partial charge in [0.25, 0.3) is 0 Å². The van der Waals surface area contributed by atoms with Crippen LogP contribution >= 0.6 is 0 Å². The highest BCUT2D eigenvalue weighted by Gasteiger charge is 2.29. The van der Waals surface area contributed by atoms with Crippen molar-refractivity contribution in [2.75, 3.05) is 0 Å². The lowest BCUT2D eigenvalue weighted by atomic mass is 9.88. The normalized spacial score (nSPS) is 19.6. The van der Waals surface area contributed by atoms with Crippen molar-refractivity contribution in [2.24, 2.45) is 0 Å². The van der Waals surface area contributed by atoms with E-state index in [-0.39, 0.29) is 17.5 Å². The summed E-state index contributed by atoms with van der Waals surface area (Å²) in [6.45, 7) is 0. The number of rotatable bonds is 2. The Morgan fingerprint density at radius 2 is 2.11 bits per heavy atom. The monoisotopic (exact) mass is 260 g/mol. The Morgan fingerprint density at radius 3 is 2.89 bits per heavy atom. The number of Topliss-reactive ketones (excluding diaryl/α,β-unsaturated/α-hetero) is 1. The second-order valence-electron chi connectivity index (χ2n) is 4.70. The smallest absolute Gasteiger partial charge is 0.237 e. The average Bonchev–Trinajstić information content (AvgIpc) is 2.89. The number of hydrogen-bond acceptors (Lipinski definition) is 4. The van der Waals surface area contributed by atoms with E-state index in [1.165, 1.54) is 6.07 Å². The minimum absolute atomic E-state index is 0.134. The molecule has 0 radical (unpaired) electrons. The van der Waals surface area contributed by atoms with Gasteiger partial charge in [0.05, 0.1) is 11.5 Å². The molecule has 4 nitrogen and oxygen atoms in total. The van der Waals surface area contributed by atoms with Crippen molar-refractivity contribution in [3.63, 3.8) is 0 Å². The number of ketones is 1. The van der Waals surface area contributed by atoms with E-state index in [0.29, 0.717) is 17.9 Å². The Bertz CT molecular complexity index is 609. The Morgan fingerprint density at radius 1 is 1.26 bits per heavy atom. The minimum atomic E-state index is -0.398. The van der Waals surface area contributed by atoms with Gasteiger partial charge in [-0.2, -0.15) is 4.98 Å². The number of halogens is 1. The van der Waals surface area contributed by atoms with Crippen LogP contribution in [0.3, 0.4) is 0 Å². The molecule has 0 bridgehead atoms. The molecule has 1 fully saturated rings. The lowest BCUT2D eigenvalue weighted by molar-refractivity contribution is -0.122. The molecule has 1 unspecified atom stereocenters. The van der Waals surface area contributed by atoms with Crippen LogP contribution in [0, 0.1) is 5.82 Å². The molecule has 0 saturated heterocycles. The molecule has 2 aromatic rings. The van der Waals surface area contributed by atoms with E-state index >= 15 is 0 Å². The molecule has 1 saturated carbocycles. The maximum Gasteiger partial charge on any atom is 0.237 e. The molecule has 19 heavy (non-hydrogen) atoms. The van der Waals surface area contributed by atoms with Crippen LogP contribution in [0.2, 0.25) is 0 Å². The van der Waals surface area contributed by atoms with Crippen LogP contribution in [-0.4, -0.2) is 15.9 Å². The summed E-state index contributed by atoms with van der Waals surface area (Å²) in [4.78, 5) is 16.0. The molecule has 1 atom stereocenters. The molecule has 1 heterocycles. The van der Waals surface area contributed by atoms with Crippen LogP contribution in [-0.2, 0) is 4.79 Å². The first-order valence-electron chi connectivity index (χ1n) is 6.37. The summed E-state index contributed by atoms with van der Waals surface area (Å²) in [6, 6.07) is 6.24. The fourth-order valence-electron chi connectivity index (χ4n) is 2.37. The summed E-state index contributed by atoms with van der Waals surface area (Å²) in [7, 11) is 0. The third-order valence-electron chi connectivity index (χ3n) is 3.41. The highest BCUT2D eigenvalue weighted by atomic mass is 19.1. The molecule has 1 aliphatic carbocycles. The Kier molecular flexibility index (Phi) is 3.11. The van der Waals surface area contributed by atoms with Gasteiger partial charge in [0, 0.05) is 6.42 Å². The van der Waals surface area contributed by atoms with Gasteiger partial charge in [-0.25, -0.2) is 4.39 Å². The highest BCUT2D eigenvalue weighted by Crippen LogP contribution is 2.30. The van der Waals surface area contributed by atoms with Crippen molar-refractivity contribution in [1.82, 2.24) is 10.1 Å². The van der Waals surface area contributed by atoms with Crippen LogP contribution in [0.1, 0.15) is 37.5 Å². The van der Waals surface area contributed by atoms with E-state index in [1.807, 2.05) is 0 Å². The average molecular weight is 260 g/mol. The van der Waals surface area contributed by atoms with Crippen LogP contribution in [0.5, 0.6) is 0 Å². The van der Waals surface area contributed by atoms with Gasteiger partial charge in [-0.1, -0.05) is 23.7 Å². The number of nitrogens with zero attached hydrogens (tertiary/aromatic N) is 2. The van der Waals surface area contributed by atoms with Crippen LogP contribution in [0.4, 0.5) is 4.39 Å². The number of benzene rings is 1. The van der Waals surface area contributed by atoms with Gasteiger partial charge in [-0.3, -0.25) is 4.79 Å². The molecule has 0 N–H and O–H groups in total. The second kappa shape index (κ2) is 4.91. The van der Waals surface area contributed by atoms with E-state index < -0.39 is 5.82 Å². The van der Waals surface area contributed by atoms with Crippen LogP contribution in [0.25, 0.3) is 11.4 Å². The minimum Gasteiger partial charge on any atom is -0.338 e. The summed E-state index contributed by atoms with van der Waals surface area (Å²) in [5, 5.41) is 3.78. The lowest BCUT2D eigenvalue weighted by Gasteiger charge is -2.16.